The molecule has 0 aromatic heterocycles. The molecule has 0 saturated heterocycles. The van der Waals surface area contributed by atoms with Gasteiger partial charge in [-0.15, -0.1) is 0 Å². The van der Waals surface area contributed by atoms with E-state index in [9.17, 15) is 0 Å². The van der Waals surface area contributed by atoms with E-state index in [-0.39, 0.29) is 24.9 Å². The fourth-order valence-corrected chi connectivity index (χ4v) is 0. The Balaban J connectivity index is -0.0000000450. The molecular formula is C2H8N2O2. The molecule has 6 heavy (non-hydrogen) atoms. The lowest BCUT2D eigenvalue weighted by atomic mass is 10.9. The first-order valence-corrected chi connectivity index (χ1v) is 0.805. The second-order valence-electron chi connectivity index (χ2n) is 0.272. The third kappa shape index (κ3) is 246. The lowest BCUT2D eigenvalue weighted by molar-refractivity contribution is -0.122. The number of hydrogen-bond acceptors (Lipinski definition) is 4. The summed E-state index contributed by atoms with van der Waals surface area (Å²) in [5.41, 5.74) is 0. The lowest BCUT2D eigenvalue weighted by Crippen LogP contribution is -1.62. The average molecular weight is 92.1 g/mol. The Morgan fingerprint density at radius 2 is 1.00 bits per heavy atom. The molecule has 0 aromatic carbocycles. The molecule has 0 aliphatic heterocycles. The van der Waals surface area contributed by atoms with Gasteiger partial charge in [0.15, 0.2) is 12.6 Å². The zero-order chi connectivity index (χ0) is 3.41. The molecule has 0 unspecified atom stereocenters. The second kappa shape index (κ2) is 28.5. The minimum absolute atomic E-state index is 0. The lowest BCUT2D eigenvalue weighted by Gasteiger charge is -1.31. The van der Waals surface area contributed by atoms with Crippen molar-refractivity contribution in [3.63, 3.8) is 0 Å². The van der Waals surface area contributed by atoms with Crippen molar-refractivity contribution in [2.45, 2.75) is 0 Å². The molecule has 0 amide bonds. The monoisotopic (exact) mass is 92.1 g/mol. The molecule has 6 N–H and O–H groups in total. The highest BCUT2D eigenvalue weighted by Gasteiger charge is 1.47. The smallest absolute Gasteiger partial charge is 0.182 e. The minimum Gasteiger partial charge on any atom is -0.344 e. The molecule has 4 nitrogen and oxygen atoms in total. The third-order valence-corrected chi connectivity index (χ3v) is 0.0556. The van der Waals surface area contributed by atoms with Gasteiger partial charge < -0.3 is 12.3 Å². The van der Waals surface area contributed by atoms with Crippen LogP contribution in [-0.4, -0.2) is 12.6 Å². The zero-order valence-electron chi connectivity index (χ0n) is 3.39. The quantitative estimate of drug-likeness (QED) is 0.342. The summed E-state index contributed by atoms with van der Waals surface area (Å²) < 4.78 is 0. The van der Waals surface area contributed by atoms with Gasteiger partial charge in [-0.2, -0.15) is 0 Å². The topological polar surface area (TPSA) is 104 Å². The van der Waals surface area contributed by atoms with Crippen molar-refractivity contribution in [1.82, 2.24) is 12.3 Å². The van der Waals surface area contributed by atoms with Crippen LogP contribution >= 0.6 is 0 Å². The molecule has 0 heterocycles. The van der Waals surface area contributed by atoms with Gasteiger partial charge in [0.25, 0.3) is 0 Å². The number of aldehydes is 2. The normalized spacial score (nSPS) is 3.33. The molecule has 0 aliphatic rings. The predicted octanol–water partition coefficient (Wildman–Crippen LogP) is -0.292. The molecule has 0 rings (SSSR count). The summed E-state index contributed by atoms with van der Waals surface area (Å²) in [6, 6.07) is 0. The SMILES string of the molecule is N.N.O=CC=O. The number of rotatable bonds is 1. The molecule has 0 radical (unpaired) electrons. The highest BCUT2D eigenvalue weighted by molar-refractivity contribution is 6.09. The van der Waals surface area contributed by atoms with Crippen LogP contribution < -0.4 is 12.3 Å². The van der Waals surface area contributed by atoms with Gasteiger partial charge in [-0.05, 0) is 0 Å². The van der Waals surface area contributed by atoms with Gasteiger partial charge in [0, 0.05) is 0 Å². The average Bonchev–Trinajstić information content (AvgIpc) is 1.37. The van der Waals surface area contributed by atoms with Gasteiger partial charge in [-0.1, -0.05) is 0 Å². The number of carbonyl (C=O) groups excluding carboxylic acids is 2. The summed E-state index contributed by atoms with van der Waals surface area (Å²) >= 11 is 0. The van der Waals surface area contributed by atoms with E-state index < -0.39 is 0 Å². The first-order chi connectivity index (χ1) is 1.91. The maximum Gasteiger partial charge on any atom is 0.182 e. The van der Waals surface area contributed by atoms with Crippen LogP contribution in [0.1, 0.15) is 0 Å². The molecule has 0 aromatic rings. The maximum atomic E-state index is 8.81. The van der Waals surface area contributed by atoms with Crippen LogP contribution in [0.25, 0.3) is 0 Å². The summed E-state index contributed by atoms with van der Waals surface area (Å²) in [6.07, 6.45) is 0.389. The largest absolute Gasteiger partial charge is 0.344 e. The third-order valence-electron chi connectivity index (χ3n) is 0.0556. The van der Waals surface area contributed by atoms with Crippen molar-refractivity contribution in [2.24, 2.45) is 0 Å². The van der Waals surface area contributed by atoms with E-state index in [0.29, 0.717) is 0 Å². The molecule has 4 heteroatoms. The van der Waals surface area contributed by atoms with Crippen LogP contribution in [0.4, 0.5) is 0 Å². The van der Waals surface area contributed by atoms with Crippen molar-refractivity contribution in [1.29, 1.82) is 0 Å². The van der Waals surface area contributed by atoms with E-state index in [2.05, 4.69) is 0 Å². The zero-order valence-corrected chi connectivity index (χ0v) is 3.39. The van der Waals surface area contributed by atoms with Crippen molar-refractivity contribution in [3.8, 4) is 0 Å². The van der Waals surface area contributed by atoms with E-state index in [4.69, 9.17) is 9.59 Å². The van der Waals surface area contributed by atoms with Crippen LogP contribution in [0.5, 0.6) is 0 Å². The molecule has 0 fully saturated rings. The molecule has 0 atom stereocenters. The van der Waals surface area contributed by atoms with E-state index in [1.807, 2.05) is 0 Å². The fraction of sp³-hybridized carbons (Fsp3) is 0. The van der Waals surface area contributed by atoms with Crippen molar-refractivity contribution in [3.05, 3.63) is 0 Å². The van der Waals surface area contributed by atoms with Crippen molar-refractivity contribution >= 4 is 12.6 Å². The Hall–Kier alpha value is -0.740. The second-order valence-corrected chi connectivity index (χ2v) is 0.272. The van der Waals surface area contributed by atoms with Crippen LogP contribution in [0, 0.1) is 0 Å². The Morgan fingerprint density at radius 1 is 0.833 bits per heavy atom. The Bertz CT molecular complexity index is 30.5. The summed E-state index contributed by atoms with van der Waals surface area (Å²) in [7, 11) is 0. The Kier molecular flexibility index (Phi) is 88.8. The van der Waals surface area contributed by atoms with E-state index in [0.717, 1.165) is 0 Å². The van der Waals surface area contributed by atoms with Crippen LogP contribution in [0.3, 0.4) is 0 Å². The van der Waals surface area contributed by atoms with E-state index in [1.165, 1.54) is 0 Å². The molecule has 0 spiro atoms. The van der Waals surface area contributed by atoms with Crippen LogP contribution in [-0.2, 0) is 9.59 Å². The molecule has 38 valence electrons. The summed E-state index contributed by atoms with van der Waals surface area (Å²) in [5.74, 6) is 0. The first kappa shape index (κ1) is 18.7. The fourth-order valence-electron chi connectivity index (χ4n) is 0. The van der Waals surface area contributed by atoms with Crippen LogP contribution in [0.15, 0.2) is 0 Å². The molecule has 0 saturated carbocycles. The van der Waals surface area contributed by atoms with Crippen LogP contribution in [0.2, 0.25) is 0 Å². The van der Waals surface area contributed by atoms with Gasteiger partial charge in [0.2, 0.25) is 0 Å². The highest BCUT2D eigenvalue weighted by Crippen LogP contribution is 1.12. The van der Waals surface area contributed by atoms with E-state index in [1.54, 1.807) is 0 Å². The molecule has 0 bridgehead atoms. The van der Waals surface area contributed by atoms with Gasteiger partial charge in [-0.25, -0.2) is 0 Å². The van der Waals surface area contributed by atoms with Gasteiger partial charge in [0.1, 0.15) is 0 Å². The molecule has 0 aliphatic carbocycles. The van der Waals surface area contributed by atoms with Gasteiger partial charge >= 0.3 is 0 Å². The highest BCUT2D eigenvalue weighted by atomic mass is 16.2. The molecular weight excluding hydrogens is 84.0 g/mol. The summed E-state index contributed by atoms with van der Waals surface area (Å²) in [6.45, 7) is 0. The van der Waals surface area contributed by atoms with Gasteiger partial charge in [-0.3, -0.25) is 9.59 Å². The van der Waals surface area contributed by atoms with E-state index >= 15 is 0 Å². The number of carbonyl (C=O) groups is 2. The Labute approximate surface area is 35.7 Å². The summed E-state index contributed by atoms with van der Waals surface area (Å²) in [5, 5.41) is 0. The minimum atomic E-state index is 0. The Morgan fingerprint density at radius 3 is 1.00 bits per heavy atom. The summed E-state index contributed by atoms with van der Waals surface area (Å²) in [4.78, 5) is 17.6. The van der Waals surface area contributed by atoms with Gasteiger partial charge in [0.05, 0.1) is 0 Å². The van der Waals surface area contributed by atoms with Crippen molar-refractivity contribution in [2.75, 3.05) is 0 Å². The predicted molar refractivity (Wildman–Crippen MR) is 22.2 cm³/mol. The van der Waals surface area contributed by atoms with Crippen molar-refractivity contribution < 1.29 is 9.59 Å². The number of hydrogen-bond donors (Lipinski definition) is 2. The first-order valence-electron chi connectivity index (χ1n) is 0.805. The standard InChI is InChI=1S/C2H2O2.2H3N/c3-1-2-4;;/h1-2H;2*1H3. The maximum absolute atomic E-state index is 8.81.